The van der Waals surface area contributed by atoms with E-state index in [0.29, 0.717) is 10.8 Å². The van der Waals surface area contributed by atoms with Gasteiger partial charge in [-0.15, -0.1) is 11.3 Å². The number of thiazole rings is 1. The highest BCUT2D eigenvalue weighted by Gasteiger charge is 2.23. The highest BCUT2D eigenvalue weighted by atomic mass is 32.1. The van der Waals surface area contributed by atoms with Crippen molar-refractivity contribution in [2.45, 2.75) is 13.0 Å². The van der Waals surface area contributed by atoms with Crippen LogP contribution in [0.25, 0.3) is 11.3 Å². The van der Waals surface area contributed by atoms with Crippen LogP contribution in [0.4, 0.5) is 10.8 Å². The van der Waals surface area contributed by atoms with Crippen LogP contribution in [0.2, 0.25) is 0 Å². The summed E-state index contributed by atoms with van der Waals surface area (Å²) in [5, 5.41) is 15.9. The third kappa shape index (κ3) is 4.78. The Bertz CT molecular complexity index is 1080. The average molecular weight is 427 g/mol. The van der Waals surface area contributed by atoms with E-state index in [4.69, 9.17) is 9.47 Å². The summed E-state index contributed by atoms with van der Waals surface area (Å²) < 4.78 is 10.0. The highest BCUT2D eigenvalue weighted by Crippen LogP contribution is 2.28. The zero-order valence-corrected chi connectivity index (χ0v) is 16.8. The lowest BCUT2D eigenvalue weighted by atomic mass is 10.2. The van der Waals surface area contributed by atoms with Gasteiger partial charge in [0.2, 0.25) is 0 Å². The van der Waals surface area contributed by atoms with Crippen molar-refractivity contribution in [1.29, 1.82) is 0 Å². The number of anilines is 1. The molecule has 1 N–H and O–H groups in total. The van der Waals surface area contributed by atoms with Crippen LogP contribution >= 0.6 is 11.3 Å². The van der Waals surface area contributed by atoms with Crippen LogP contribution in [0, 0.1) is 10.1 Å². The number of hydrogen-bond acceptors (Lipinski definition) is 8. The number of amides is 1. The van der Waals surface area contributed by atoms with E-state index < -0.39 is 22.9 Å². The molecule has 30 heavy (non-hydrogen) atoms. The second kappa shape index (κ2) is 9.14. The van der Waals surface area contributed by atoms with Crippen molar-refractivity contribution in [3.8, 4) is 17.0 Å². The van der Waals surface area contributed by atoms with Crippen molar-refractivity contribution in [2.24, 2.45) is 0 Å². The van der Waals surface area contributed by atoms with Gasteiger partial charge in [0.1, 0.15) is 0 Å². The monoisotopic (exact) mass is 427 g/mol. The van der Waals surface area contributed by atoms with Gasteiger partial charge in [-0.2, -0.15) is 0 Å². The van der Waals surface area contributed by atoms with E-state index in [0.717, 1.165) is 11.6 Å². The van der Waals surface area contributed by atoms with Crippen LogP contribution in [-0.2, 0) is 9.53 Å². The number of nitro groups is 1. The summed E-state index contributed by atoms with van der Waals surface area (Å²) in [6.45, 7) is 1.40. The minimum absolute atomic E-state index is 0.0142. The molecular weight excluding hydrogens is 410 g/mol. The first-order chi connectivity index (χ1) is 14.4. The first-order valence-electron chi connectivity index (χ1n) is 8.74. The molecule has 10 heteroatoms. The van der Waals surface area contributed by atoms with E-state index >= 15 is 0 Å². The van der Waals surface area contributed by atoms with Crippen LogP contribution in [0.5, 0.6) is 5.75 Å². The topological polar surface area (TPSA) is 121 Å². The maximum absolute atomic E-state index is 12.4. The summed E-state index contributed by atoms with van der Waals surface area (Å²) in [6, 6.07) is 13.1. The molecule has 154 valence electrons. The molecule has 0 fully saturated rings. The fraction of sp³-hybridized carbons (Fsp3) is 0.150. The molecular formula is C20H17N3O6S. The summed E-state index contributed by atoms with van der Waals surface area (Å²) >= 11 is 1.24. The van der Waals surface area contributed by atoms with Crippen molar-refractivity contribution in [3.63, 3.8) is 0 Å². The maximum Gasteiger partial charge on any atom is 0.339 e. The van der Waals surface area contributed by atoms with Crippen LogP contribution in [-0.4, -0.2) is 35.0 Å². The number of aromatic nitrogens is 1. The summed E-state index contributed by atoms with van der Waals surface area (Å²) in [5.41, 5.74) is 1.18. The van der Waals surface area contributed by atoms with Crippen molar-refractivity contribution < 1.29 is 24.0 Å². The Morgan fingerprint density at radius 1 is 1.20 bits per heavy atom. The Balaban J connectivity index is 1.64. The number of nitrogens with one attached hydrogen (secondary N) is 1. The van der Waals surface area contributed by atoms with Crippen molar-refractivity contribution in [2.75, 3.05) is 12.4 Å². The zero-order valence-electron chi connectivity index (χ0n) is 16.0. The molecule has 0 bridgehead atoms. The summed E-state index contributed by atoms with van der Waals surface area (Å²) in [7, 11) is 1.29. The number of nitrogens with zero attached hydrogens (tertiary/aromatic N) is 2. The summed E-state index contributed by atoms with van der Waals surface area (Å²) in [6.07, 6.45) is -1.14. The van der Waals surface area contributed by atoms with Crippen LogP contribution in [0.3, 0.4) is 0 Å². The first kappa shape index (κ1) is 20.9. The lowest BCUT2D eigenvalue weighted by Gasteiger charge is -2.12. The molecule has 0 saturated heterocycles. The van der Waals surface area contributed by atoms with E-state index in [9.17, 15) is 19.7 Å². The molecule has 1 heterocycles. The SMILES string of the molecule is COc1ccc(C(=O)OC(C)C(=O)Nc2nc(-c3ccccc3)cs2)cc1[N+](=O)[O-]. The zero-order chi connectivity index (χ0) is 21.7. The first-order valence-corrected chi connectivity index (χ1v) is 9.62. The summed E-state index contributed by atoms with van der Waals surface area (Å²) in [4.78, 5) is 39.4. The molecule has 9 nitrogen and oxygen atoms in total. The van der Waals surface area contributed by atoms with Gasteiger partial charge in [0.15, 0.2) is 17.0 Å². The van der Waals surface area contributed by atoms with E-state index in [2.05, 4.69) is 10.3 Å². The van der Waals surface area contributed by atoms with Gasteiger partial charge in [0.05, 0.1) is 23.3 Å². The molecule has 0 aliphatic carbocycles. The molecule has 0 radical (unpaired) electrons. The van der Waals surface area contributed by atoms with E-state index in [1.807, 2.05) is 30.3 Å². The van der Waals surface area contributed by atoms with Crippen LogP contribution in [0.15, 0.2) is 53.9 Å². The lowest BCUT2D eigenvalue weighted by Crippen LogP contribution is -2.30. The molecule has 1 atom stereocenters. The summed E-state index contributed by atoms with van der Waals surface area (Å²) in [5.74, 6) is -1.42. The number of hydrogen-bond donors (Lipinski definition) is 1. The fourth-order valence-electron chi connectivity index (χ4n) is 2.52. The second-order valence-corrected chi connectivity index (χ2v) is 6.94. The Kier molecular flexibility index (Phi) is 6.38. The molecule has 0 aliphatic rings. The van der Waals surface area contributed by atoms with Gasteiger partial charge in [-0.05, 0) is 19.1 Å². The smallest absolute Gasteiger partial charge is 0.339 e. The van der Waals surface area contributed by atoms with Crippen LogP contribution in [0.1, 0.15) is 17.3 Å². The highest BCUT2D eigenvalue weighted by molar-refractivity contribution is 7.14. The van der Waals surface area contributed by atoms with Crippen molar-refractivity contribution >= 4 is 34.0 Å². The minimum Gasteiger partial charge on any atom is -0.490 e. The van der Waals surface area contributed by atoms with Gasteiger partial charge in [-0.25, -0.2) is 9.78 Å². The molecule has 1 amide bonds. The predicted molar refractivity (Wildman–Crippen MR) is 111 cm³/mol. The van der Waals surface area contributed by atoms with Gasteiger partial charge >= 0.3 is 11.7 Å². The Labute approximate surface area is 175 Å². The lowest BCUT2D eigenvalue weighted by molar-refractivity contribution is -0.385. The number of methoxy groups -OCH3 is 1. The normalized spacial score (nSPS) is 11.4. The number of carbonyl (C=O) groups excluding carboxylic acids is 2. The van der Waals surface area contributed by atoms with Gasteiger partial charge in [-0.1, -0.05) is 30.3 Å². The predicted octanol–water partition coefficient (Wildman–Crippen LogP) is 3.91. The third-order valence-corrected chi connectivity index (χ3v) is 4.83. The van der Waals surface area contributed by atoms with E-state index in [-0.39, 0.29) is 17.0 Å². The molecule has 2 aromatic carbocycles. The number of ether oxygens (including phenoxy) is 2. The molecule has 3 rings (SSSR count). The average Bonchev–Trinajstić information content (AvgIpc) is 3.22. The van der Waals surface area contributed by atoms with Crippen molar-refractivity contribution in [3.05, 3.63) is 69.6 Å². The molecule has 1 unspecified atom stereocenters. The van der Waals surface area contributed by atoms with Crippen LogP contribution < -0.4 is 10.1 Å². The fourth-order valence-corrected chi connectivity index (χ4v) is 3.24. The van der Waals surface area contributed by atoms with E-state index in [1.54, 1.807) is 5.38 Å². The molecule has 0 aliphatic heterocycles. The van der Waals surface area contributed by atoms with E-state index in [1.165, 1.54) is 37.5 Å². The number of rotatable bonds is 7. The molecule has 0 spiro atoms. The number of esters is 1. The Morgan fingerprint density at radius 3 is 2.60 bits per heavy atom. The number of carbonyl (C=O) groups is 2. The van der Waals surface area contributed by atoms with Gasteiger partial charge in [0, 0.05) is 17.0 Å². The van der Waals surface area contributed by atoms with Gasteiger partial charge in [0.25, 0.3) is 5.91 Å². The standard InChI is InChI=1S/C20H17N3O6S/c1-12(29-19(25)14-8-9-17(28-2)16(10-14)23(26)27)18(24)22-20-21-15(11-30-20)13-6-4-3-5-7-13/h3-12H,1-2H3,(H,21,22,24). The molecule has 0 saturated carbocycles. The van der Waals surface area contributed by atoms with Gasteiger partial charge in [-0.3, -0.25) is 20.2 Å². The Morgan fingerprint density at radius 2 is 1.93 bits per heavy atom. The Hall–Kier alpha value is -3.79. The quantitative estimate of drug-likeness (QED) is 0.345. The maximum atomic E-state index is 12.4. The minimum atomic E-state index is -1.14. The number of benzene rings is 2. The van der Waals surface area contributed by atoms with Crippen molar-refractivity contribution in [1.82, 2.24) is 4.98 Å². The largest absolute Gasteiger partial charge is 0.490 e. The third-order valence-electron chi connectivity index (χ3n) is 4.07. The molecule has 3 aromatic rings. The second-order valence-electron chi connectivity index (χ2n) is 6.08. The number of nitro benzene ring substituents is 1. The molecule has 1 aromatic heterocycles. The van der Waals surface area contributed by atoms with Gasteiger partial charge < -0.3 is 9.47 Å².